The van der Waals surface area contributed by atoms with Gasteiger partial charge in [0.25, 0.3) is 5.91 Å². The smallest absolute Gasteiger partial charge is 0.459 e. The number of ether oxygens (including phenoxy) is 1. The van der Waals surface area contributed by atoms with Crippen molar-refractivity contribution >= 4 is 24.5 Å². The van der Waals surface area contributed by atoms with Crippen molar-refractivity contribution in [2.45, 2.75) is 20.1 Å². The fourth-order valence-electron chi connectivity index (χ4n) is 2.70. The van der Waals surface area contributed by atoms with Crippen molar-refractivity contribution in [2.24, 2.45) is 0 Å². The Labute approximate surface area is 145 Å². The number of benzene rings is 1. The molecule has 0 fully saturated rings. The molecule has 0 bridgehead atoms. The zero-order valence-corrected chi connectivity index (χ0v) is 13.7. The largest absolute Gasteiger partial charge is 0.492 e. The molecule has 1 amide bonds. The second-order valence-electron chi connectivity index (χ2n) is 5.68. The van der Waals surface area contributed by atoms with Gasteiger partial charge in [0.15, 0.2) is 0 Å². The SMILES string of the molecule is Cc1c(C(=O)NCC(=O)OCc2cccnc2)ccc2c1B(O)OC2. The maximum absolute atomic E-state index is 12.3. The van der Waals surface area contributed by atoms with Crippen molar-refractivity contribution in [1.29, 1.82) is 0 Å². The summed E-state index contributed by atoms with van der Waals surface area (Å²) in [6.45, 7) is 1.92. The standard InChI is InChI=1S/C17H17BN2O5/c1-11-14(5-4-13-10-25-18(23)16(11)13)17(22)20-8-15(21)24-9-12-3-2-6-19-7-12/h2-7,23H,8-10H2,1H3,(H,20,22). The minimum atomic E-state index is -1.02. The Morgan fingerprint density at radius 1 is 1.40 bits per heavy atom. The van der Waals surface area contributed by atoms with E-state index in [4.69, 9.17) is 9.39 Å². The van der Waals surface area contributed by atoms with E-state index in [2.05, 4.69) is 10.3 Å². The Bertz CT molecular complexity index is 797. The molecule has 0 spiro atoms. The number of aromatic nitrogens is 1. The van der Waals surface area contributed by atoms with E-state index in [1.54, 1.807) is 43.6 Å². The average Bonchev–Trinajstić information content (AvgIpc) is 3.01. The molecule has 0 aliphatic carbocycles. The lowest BCUT2D eigenvalue weighted by Gasteiger charge is -2.11. The number of fused-ring (bicyclic) bond motifs is 1. The van der Waals surface area contributed by atoms with Gasteiger partial charge < -0.3 is 19.7 Å². The predicted octanol–water partition coefficient (Wildman–Crippen LogP) is 0.0809. The molecule has 1 aromatic carbocycles. The number of esters is 1. The molecule has 0 radical (unpaired) electrons. The third-order valence-electron chi connectivity index (χ3n) is 4.01. The summed E-state index contributed by atoms with van der Waals surface area (Å²) in [6, 6.07) is 6.94. The number of hydrogen-bond acceptors (Lipinski definition) is 6. The highest BCUT2D eigenvalue weighted by Crippen LogP contribution is 2.16. The van der Waals surface area contributed by atoms with Gasteiger partial charge in [-0.2, -0.15) is 0 Å². The predicted molar refractivity (Wildman–Crippen MR) is 89.9 cm³/mol. The quantitative estimate of drug-likeness (QED) is 0.591. The van der Waals surface area contributed by atoms with Gasteiger partial charge in [-0.15, -0.1) is 0 Å². The molecule has 7 nitrogen and oxygen atoms in total. The van der Waals surface area contributed by atoms with Crippen LogP contribution in [0.25, 0.3) is 0 Å². The number of hydrogen-bond donors (Lipinski definition) is 2. The highest BCUT2D eigenvalue weighted by Gasteiger charge is 2.31. The van der Waals surface area contributed by atoms with E-state index in [9.17, 15) is 14.6 Å². The monoisotopic (exact) mass is 340 g/mol. The molecule has 2 aromatic rings. The number of nitrogens with zero attached hydrogens (tertiary/aromatic N) is 1. The first-order chi connectivity index (χ1) is 12.1. The van der Waals surface area contributed by atoms with E-state index in [1.165, 1.54) is 0 Å². The minimum Gasteiger partial charge on any atom is -0.459 e. The first kappa shape index (κ1) is 17.1. The number of rotatable bonds is 5. The number of carbonyl (C=O) groups is 2. The number of nitrogens with one attached hydrogen (secondary N) is 1. The van der Waals surface area contributed by atoms with Crippen molar-refractivity contribution in [1.82, 2.24) is 10.3 Å². The van der Waals surface area contributed by atoms with Crippen LogP contribution in [0.15, 0.2) is 36.7 Å². The van der Waals surface area contributed by atoms with Crippen LogP contribution < -0.4 is 10.8 Å². The molecule has 3 rings (SSSR count). The highest BCUT2D eigenvalue weighted by atomic mass is 16.5. The van der Waals surface area contributed by atoms with Gasteiger partial charge in [-0.25, -0.2) is 0 Å². The molecule has 25 heavy (non-hydrogen) atoms. The van der Waals surface area contributed by atoms with Crippen LogP contribution >= 0.6 is 0 Å². The van der Waals surface area contributed by atoms with Crippen molar-refractivity contribution in [2.75, 3.05) is 6.54 Å². The van der Waals surface area contributed by atoms with Gasteiger partial charge in [-0.1, -0.05) is 12.1 Å². The normalized spacial score (nSPS) is 12.6. The molecule has 128 valence electrons. The van der Waals surface area contributed by atoms with Crippen molar-refractivity contribution in [3.63, 3.8) is 0 Å². The number of pyridine rings is 1. The Morgan fingerprint density at radius 2 is 2.24 bits per heavy atom. The summed E-state index contributed by atoms with van der Waals surface area (Å²) in [5.74, 6) is -0.947. The zero-order chi connectivity index (χ0) is 17.8. The van der Waals surface area contributed by atoms with Crippen LogP contribution in [0, 0.1) is 6.92 Å². The Kier molecular flexibility index (Phi) is 5.11. The molecule has 0 saturated heterocycles. The second kappa shape index (κ2) is 7.46. The van der Waals surface area contributed by atoms with Crippen LogP contribution in [0.2, 0.25) is 0 Å². The summed E-state index contributed by atoms with van der Waals surface area (Å²) >= 11 is 0. The maximum atomic E-state index is 12.3. The van der Waals surface area contributed by atoms with E-state index in [-0.39, 0.29) is 13.2 Å². The second-order valence-corrected chi connectivity index (χ2v) is 5.68. The Morgan fingerprint density at radius 3 is 3.00 bits per heavy atom. The number of carbonyl (C=O) groups excluding carboxylic acids is 2. The van der Waals surface area contributed by atoms with Gasteiger partial charge in [0.05, 0.1) is 6.61 Å². The van der Waals surface area contributed by atoms with Crippen LogP contribution in [0.4, 0.5) is 0 Å². The maximum Gasteiger partial charge on any atom is 0.492 e. The van der Waals surface area contributed by atoms with Crippen LogP contribution in [0.1, 0.15) is 27.0 Å². The Balaban J connectivity index is 1.56. The van der Waals surface area contributed by atoms with Crippen LogP contribution in [0.3, 0.4) is 0 Å². The van der Waals surface area contributed by atoms with Crippen molar-refractivity contribution in [3.05, 3.63) is 58.9 Å². The van der Waals surface area contributed by atoms with E-state index in [0.717, 1.165) is 11.1 Å². The summed E-state index contributed by atoms with van der Waals surface area (Å²) in [7, 11) is -1.02. The van der Waals surface area contributed by atoms with Gasteiger partial charge in [-0.05, 0) is 35.6 Å². The van der Waals surface area contributed by atoms with Crippen LogP contribution in [0.5, 0.6) is 0 Å². The minimum absolute atomic E-state index is 0.101. The molecule has 1 aromatic heterocycles. The van der Waals surface area contributed by atoms with E-state index in [0.29, 0.717) is 23.2 Å². The fraction of sp³-hybridized carbons (Fsp3) is 0.235. The lowest BCUT2D eigenvalue weighted by molar-refractivity contribution is -0.143. The third kappa shape index (κ3) is 3.86. The molecule has 2 heterocycles. The molecular weight excluding hydrogens is 323 g/mol. The highest BCUT2D eigenvalue weighted by molar-refractivity contribution is 6.62. The molecule has 1 aliphatic heterocycles. The number of amides is 1. The summed E-state index contributed by atoms with van der Waals surface area (Å²) in [4.78, 5) is 28.0. The molecule has 2 N–H and O–H groups in total. The van der Waals surface area contributed by atoms with Gasteiger partial charge in [0.2, 0.25) is 0 Å². The molecule has 0 unspecified atom stereocenters. The third-order valence-corrected chi connectivity index (χ3v) is 4.01. The van der Waals surface area contributed by atoms with Crippen molar-refractivity contribution in [3.8, 4) is 0 Å². The summed E-state index contributed by atoms with van der Waals surface area (Å²) in [6.07, 6.45) is 3.24. The lowest BCUT2D eigenvalue weighted by Crippen LogP contribution is -2.35. The summed E-state index contributed by atoms with van der Waals surface area (Å²) in [5.41, 5.74) is 3.28. The van der Waals surface area contributed by atoms with Gasteiger partial charge >= 0.3 is 13.1 Å². The van der Waals surface area contributed by atoms with Crippen molar-refractivity contribution < 1.29 is 24.0 Å². The zero-order valence-electron chi connectivity index (χ0n) is 13.7. The van der Waals surface area contributed by atoms with Gasteiger partial charge in [-0.3, -0.25) is 14.6 Å². The molecule has 0 saturated carbocycles. The molecule has 0 atom stereocenters. The molecule has 8 heteroatoms. The summed E-state index contributed by atoms with van der Waals surface area (Å²) < 4.78 is 10.2. The Hall–Kier alpha value is -2.71. The average molecular weight is 340 g/mol. The van der Waals surface area contributed by atoms with E-state index < -0.39 is 19.0 Å². The van der Waals surface area contributed by atoms with Crippen LogP contribution in [-0.2, 0) is 27.4 Å². The fourth-order valence-corrected chi connectivity index (χ4v) is 2.70. The van der Waals surface area contributed by atoms with E-state index in [1.807, 2.05) is 0 Å². The van der Waals surface area contributed by atoms with Gasteiger partial charge in [0, 0.05) is 23.5 Å². The van der Waals surface area contributed by atoms with Crippen LogP contribution in [-0.4, -0.2) is 35.5 Å². The molecule has 1 aliphatic rings. The van der Waals surface area contributed by atoms with E-state index >= 15 is 0 Å². The lowest BCUT2D eigenvalue weighted by atomic mass is 9.75. The summed E-state index contributed by atoms with van der Waals surface area (Å²) in [5, 5.41) is 12.4. The first-order valence-corrected chi connectivity index (χ1v) is 7.81. The van der Waals surface area contributed by atoms with Gasteiger partial charge in [0.1, 0.15) is 13.2 Å². The first-order valence-electron chi connectivity index (χ1n) is 7.81. The molecular formula is C17H17BN2O5. The topological polar surface area (TPSA) is 97.8 Å².